The number of carbonyl (C=O) groups is 1. The summed E-state index contributed by atoms with van der Waals surface area (Å²) in [6, 6.07) is 6.23. The maximum atomic E-state index is 13.0. The molecule has 1 N–H and O–H groups in total. The maximum Gasteiger partial charge on any atom is 0.422 e. The second kappa shape index (κ2) is 9.32. The second-order valence-electron chi connectivity index (χ2n) is 7.40. The number of rotatable bonds is 6. The molecule has 1 atom stereocenters. The van der Waals surface area contributed by atoms with E-state index < -0.39 is 12.8 Å². The molecule has 30 heavy (non-hydrogen) atoms. The highest BCUT2D eigenvalue weighted by Crippen LogP contribution is 2.27. The summed E-state index contributed by atoms with van der Waals surface area (Å²) in [6.07, 6.45) is 0.162. The number of anilines is 1. The number of pyridine rings is 2. The lowest BCUT2D eigenvalue weighted by atomic mass is 10.1. The fourth-order valence-corrected chi connectivity index (χ4v) is 3.39. The Morgan fingerprint density at radius 1 is 1.23 bits per heavy atom. The molecule has 2 aromatic heterocycles. The Kier molecular flexibility index (Phi) is 6.79. The van der Waals surface area contributed by atoms with Crippen LogP contribution in [-0.4, -0.2) is 41.7 Å². The SMILES string of the molecule is Cc1cc(C(C)NC(=O)c2ccc(OCC(F)(F)F)nc2N2CCCCC2)ccn1. The molecule has 2 aromatic rings. The van der Waals surface area contributed by atoms with Crippen LogP contribution in [0.3, 0.4) is 0 Å². The molecule has 162 valence electrons. The molecule has 6 nitrogen and oxygen atoms in total. The van der Waals surface area contributed by atoms with E-state index in [2.05, 4.69) is 15.3 Å². The minimum atomic E-state index is -4.46. The van der Waals surface area contributed by atoms with Crippen LogP contribution in [0.1, 0.15) is 53.8 Å². The van der Waals surface area contributed by atoms with Crippen LogP contribution < -0.4 is 15.0 Å². The van der Waals surface area contributed by atoms with E-state index in [0.717, 1.165) is 30.5 Å². The molecule has 1 aliphatic rings. The summed E-state index contributed by atoms with van der Waals surface area (Å²) in [6.45, 7) is 3.69. The number of carbonyl (C=O) groups excluding carboxylic acids is 1. The molecule has 9 heteroatoms. The molecule has 1 fully saturated rings. The number of amides is 1. The summed E-state index contributed by atoms with van der Waals surface area (Å²) in [4.78, 5) is 23.3. The van der Waals surface area contributed by atoms with Crippen LogP contribution in [-0.2, 0) is 0 Å². The molecule has 0 aliphatic carbocycles. The monoisotopic (exact) mass is 422 g/mol. The van der Waals surface area contributed by atoms with Crippen molar-refractivity contribution in [3.05, 3.63) is 47.3 Å². The highest BCUT2D eigenvalue weighted by Gasteiger charge is 2.29. The van der Waals surface area contributed by atoms with Crippen LogP contribution in [0.25, 0.3) is 0 Å². The predicted octanol–water partition coefficient (Wildman–Crippen LogP) is 4.21. The van der Waals surface area contributed by atoms with Crippen molar-refractivity contribution in [2.24, 2.45) is 0 Å². The Labute approximate surface area is 173 Å². The van der Waals surface area contributed by atoms with Crippen LogP contribution in [0.5, 0.6) is 5.88 Å². The van der Waals surface area contributed by atoms with Crippen LogP contribution in [0.4, 0.5) is 19.0 Å². The third-order valence-corrected chi connectivity index (χ3v) is 4.90. The molecule has 1 amide bonds. The summed E-state index contributed by atoms with van der Waals surface area (Å²) in [5.41, 5.74) is 2.07. The lowest BCUT2D eigenvalue weighted by Crippen LogP contribution is -2.34. The molecule has 0 spiro atoms. The lowest BCUT2D eigenvalue weighted by Gasteiger charge is -2.29. The molecular formula is C21H25F3N4O2. The molecular weight excluding hydrogens is 397 g/mol. The topological polar surface area (TPSA) is 67.3 Å². The minimum absolute atomic E-state index is 0.151. The molecule has 0 radical (unpaired) electrons. The summed E-state index contributed by atoms with van der Waals surface area (Å²) in [7, 11) is 0. The molecule has 1 saturated heterocycles. The van der Waals surface area contributed by atoms with E-state index in [1.165, 1.54) is 12.1 Å². The number of aryl methyl sites for hydroxylation is 1. The Morgan fingerprint density at radius 3 is 2.63 bits per heavy atom. The Morgan fingerprint density at radius 2 is 1.97 bits per heavy atom. The first kappa shape index (κ1) is 21.9. The van der Waals surface area contributed by atoms with E-state index in [9.17, 15) is 18.0 Å². The Hall–Kier alpha value is -2.84. The van der Waals surface area contributed by atoms with Crippen LogP contribution in [0, 0.1) is 6.92 Å². The zero-order valence-electron chi connectivity index (χ0n) is 17.0. The lowest BCUT2D eigenvalue weighted by molar-refractivity contribution is -0.154. The van der Waals surface area contributed by atoms with Crippen molar-refractivity contribution in [1.82, 2.24) is 15.3 Å². The molecule has 1 aliphatic heterocycles. The summed E-state index contributed by atoms with van der Waals surface area (Å²) in [5.74, 6) is -0.139. The van der Waals surface area contributed by atoms with Gasteiger partial charge in [-0.2, -0.15) is 18.2 Å². The number of hydrogen-bond acceptors (Lipinski definition) is 5. The van der Waals surface area contributed by atoms with Gasteiger partial charge in [-0.05, 0) is 56.9 Å². The van der Waals surface area contributed by atoms with E-state index in [0.29, 0.717) is 24.5 Å². The van der Waals surface area contributed by atoms with Gasteiger partial charge in [0.15, 0.2) is 6.61 Å². The number of aromatic nitrogens is 2. The maximum absolute atomic E-state index is 13.0. The van der Waals surface area contributed by atoms with Gasteiger partial charge < -0.3 is 15.0 Å². The number of piperidine rings is 1. The van der Waals surface area contributed by atoms with Gasteiger partial charge in [-0.1, -0.05) is 0 Å². The van der Waals surface area contributed by atoms with Crippen molar-refractivity contribution in [2.45, 2.75) is 45.3 Å². The quantitative estimate of drug-likeness (QED) is 0.756. The van der Waals surface area contributed by atoms with E-state index in [1.807, 2.05) is 30.9 Å². The van der Waals surface area contributed by atoms with Gasteiger partial charge in [-0.15, -0.1) is 0 Å². The normalized spacial score (nSPS) is 15.6. The van der Waals surface area contributed by atoms with Crippen molar-refractivity contribution in [3.63, 3.8) is 0 Å². The van der Waals surface area contributed by atoms with E-state index in [1.54, 1.807) is 6.20 Å². The highest BCUT2D eigenvalue weighted by molar-refractivity contribution is 5.99. The second-order valence-corrected chi connectivity index (χ2v) is 7.40. The zero-order chi connectivity index (χ0) is 21.7. The first-order valence-electron chi connectivity index (χ1n) is 9.92. The van der Waals surface area contributed by atoms with Gasteiger partial charge in [0.25, 0.3) is 5.91 Å². The first-order valence-corrected chi connectivity index (χ1v) is 9.92. The van der Waals surface area contributed by atoms with Crippen molar-refractivity contribution < 1.29 is 22.7 Å². The average molecular weight is 422 g/mol. The summed E-state index contributed by atoms with van der Waals surface area (Å²) in [5, 5.41) is 2.94. The van der Waals surface area contributed by atoms with Crippen molar-refractivity contribution in [2.75, 3.05) is 24.6 Å². The molecule has 0 bridgehead atoms. The number of nitrogens with one attached hydrogen (secondary N) is 1. The van der Waals surface area contributed by atoms with Gasteiger partial charge in [0.05, 0.1) is 11.6 Å². The van der Waals surface area contributed by atoms with Gasteiger partial charge in [-0.25, -0.2) is 0 Å². The minimum Gasteiger partial charge on any atom is -0.468 e. The smallest absolute Gasteiger partial charge is 0.422 e. The Bertz CT molecular complexity index is 883. The van der Waals surface area contributed by atoms with Crippen LogP contribution >= 0.6 is 0 Å². The number of alkyl halides is 3. The Balaban J connectivity index is 1.83. The van der Waals surface area contributed by atoms with E-state index >= 15 is 0 Å². The molecule has 0 saturated carbocycles. The van der Waals surface area contributed by atoms with Crippen LogP contribution in [0.15, 0.2) is 30.5 Å². The first-order chi connectivity index (χ1) is 14.2. The fourth-order valence-electron chi connectivity index (χ4n) is 3.39. The molecule has 3 rings (SSSR count). The van der Waals surface area contributed by atoms with Gasteiger partial charge in [0, 0.05) is 31.0 Å². The molecule has 1 unspecified atom stereocenters. The van der Waals surface area contributed by atoms with E-state index in [-0.39, 0.29) is 17.8 Å². The van der Waals surface area contributed by atoms with Crippen molar-refractivity contribution in [3.8, 4) is 5.88 Å². The summed E-state index contributed by atoms with van der Waals surface area (Å²) >= 11 is 0. The number of halogens is 3. The largest absolute Gasteiger partial charge is 0.468 e. The van der Waals surface area contributed by atoms with E-state index in [4.69, 9.17) is 4.74 Å². The predicted molar refractivity (Wildman–Crippen MR) is 107 cm³/mol. The fraction of sp³-hybridized carbons (Fsp3) is 0.476. The van der Waals surface area contributed by atoms with Crippen molar-refractivity contribution >= 4 is 11.7 Å². The third-order valence-electron chi connectivity index (χ3n) is 4.90. The van der Waals surface area contributed by atoms with Gasteiger partial charge in [-0.3, -0.25) is 9.78 Å². The average Bonchev–Trinajstić information content (AvgIpc) is 2.72. The van der Waals surface area contributed by atoms with Crippen molar-refractivity contribution in [1.29, 1.82) is 0 Å². The number of nitrogens with zero attached hydrogens (tertiary/aromatic N) is 3. The van der Waals surface area contributed by atoms with Gasteiger partial charge in [0.1, 0.15) is 5.82 Å². The van der Waals surface area contributed by atoms with Gasteiger partial charge in [0.2, 0.25) is 5.88 Å². The highest BCUT2D eigenvalue weighted by atomic mass is 19.4. The zero-order valence-corrected chi connectivity index (χ0v) is 17.0. The standard InChI is InChI=1S/C21H25F3N4O2/c1-14-12-16(8-9-25-14)15(2)26-20(29)17-6-7-18(30-13-21(22,23)24)27-19(17)28-10-4-3-5-11-28/h6-9,12,15H,3-5,10-11,13H2,1-2H3,(H,26,29). The summed E-state index contributed by atoms with van der Waals surface area (Å²) < 4.78 is 42.3. The molecule has 0 aromatic carbocycles. The van der Waals surface area contributed by atoms with Gasteiger partial charge >= 0.3 is 6.18 Å². The number of hydrogen-bond donors (Lipinski definition) is 1. The molecule has 3 heterocycles. The number of ether oxygens (including phenoxy) is 1. The third kappa shape index (κ3) is 5.84. The van der Waals surface area contributed by atoms with Crippen LogP contribution in [0.2, 0.25) is 0 Å².